The van der Waals surface area contributed by atoms with Gasteiger partial charge in [0.2, 0.25) is 0 Å². The van der Waals surface area contributed by atoms with Gasteiger partial charge in [0.15, 0.2) is 5.82 Å². The fraction of sp³-hybridized carbons (Fsp3) is 0.148. The van der Waals surface area contributed by atoms with Gasteiger partial charge in [-0.05, 0) is 61.4 Å². The number of rotatable bonds is 7. The first-order valence-corrected chi connectivity index (χ1v) is 12.0. The van der Waals surface area contributed by atoms with E-state index in [0.29, 0.717) is 33.7 Å². The summed E-state index contributed by atoms with van der Waals surface area (Å²) in [6, 6.07) is 18.4. The van der Waals surface area contributed by atoms with Crippen molar-refractivity contribution in [3.63, 3.8) is 0 Å². The lowest BCUT2D eigenvalue weighted by Gasteiger charge is -2.11. The first-order valence-electron chi connectivity index (χ1n) is 11.6. The molecular formula is C27H24ClN7O. The quantitative estimate of drug-likeness (QED) is 0.282. The van der Waals surface area contributed by atoms with Gasteiger partial charge in [-0.25, -0.2) is 4.98 Å². The summed E-state index contributed by atoms with van der Waals surface area (Å²) >= 11 is 6.20. The Morgan fingerprint density at radius 1 is 1.03 bits per heavy atom. The number of hydrogen-bond donors (Lipinski definition) is 2. The molecule has 2 aromatic carbocycles. The molecule has 0 saturated heterocycles. The van der Waals surface area contributed by atoms with Crippen LogP contribution in [0.3, 0.4) is 0 Å². The molecule has 3 heterocycles. The van der Waals surface area contributed by atoms with Crippen molar-refractivity contribution in [2.24, 2.45) is 0 Å². The van der Waals surface area contributed by atoms with E-state index in [4.69, 9.17) is 11.6 Å². The molecule has 0 fully saturated rings. The topological polar surface area (TPSA) is 97.1 Å². The van der Waals surface area contributed by atoms with Gasteiger partial charge in [-0.1, -0.05) is 37.1 Å². The van der Waals surface area contributed by atoms with E-state index in [1.54, 1.807) is 35.1 Å². The van der Waals surface area contributed by atoms with Crippen molar-refractivity contribution in [2.45, 2.75) is 26.7 Å². The number of hydrogen-bond acceptors (Lipinski definition) is 6. The van der Waals surface area contributed by atoms with Crippen LogP contribution in [0.25, 0.3) is 17.2 Å². The first kappa shape index (κ1) is 23.4. The van der Waals surface area contributed by atoms with Crippen LogP contribution < -0.4 is 10.6 Å². The van der Waals surface area contributed by atoms with Gasteiger partial charge >= 0.3 is 0 Å². The number of carbonyl (C=O) groups excluding carboxylic acids is 1. The zero-order chi connectivity index (χ0) is 25.1. The summed E-state index contributed by atoms with van der Waals surface area (Å²) in [5.74, 6) is 1.50. The number of nitrogens with zero attached hydrogens (tertiary/aromatic N) is 5. The van der Waals surface area contributed by atoms with Crippen molar-refractivity contribution in [3.8, 4) is 11.4 Å². The molecule has 0 saturated carbocycles. The van der Waals surface area contributed by atoms with Gasteiger partial charge < -0.3 is 10.6 Å². The van der Waals surface area contributed by atoms with Crippen molar-refractivity contribution >= 4 is 40.5 Å². The van der Waals surface area contributed by atoms with Gasteiger partial charge in [0.05, 0.1) is 0 Å². The Bertz CT molecular complexity index is 1550. The summed E-state index contributed by atoms with van der Waals surface area (Å²) < 4.78 is 1.67. The lowest BCUT2D eigenvalue weighted by atomic mass is 10.1. The van der Waals surface area contributed by atoms with Crippen LogP contribution in [0.4, 0.5) is 17.2 Å². The van der Waals surface area contributed by atoms with Gasteiger partial charge in [-0.3, -0.25) is 9.78 Å². The number of benzene rings is 2. The standard InChI is InChI=1S/C27H24ClN7O/c1-3-6-20-15-24(35-27(32-20)33-25(34-35)19-8-5-12-29-16-19)30-21-9-4-7-18(13-21)26(36)31-22-11-10-17(2)23(28)14-22/h4-5,7-16,30H,3,6H2,1-2H3,(H,31,36). The van der Waals surface area contributed by atoms with Gasteiger partial charge in [0.25, 0.3) is 11.7 Å². The van der Waals surface area contributed by atoms with E-state index in [1.165, 1.54) is 0 Å². The molecule has 0 unspecified atom stereocenters. The molecular weight excluding hydrogens is 474 g/mol. The lowest BCUT2D eigenvalue weighted by molar-refractivity contribution is 0.102. The third-order valence-corrected chi connectivity index (χ3v) is 6.03. The minimum absolute atomic E-state index is 0.232. The Morgan fingerprint density at radius 2 is 1.92 bits per heavy atom. The summed E-state index contributed by atoms with van der Waals surface area (Å²) in [6.45, 7) is 4.02. The van der Waals surface area contributed by atoms with E-state index >= 15 is 0 Å². The number of halogens is 1. The summed E-state index contributed by atoms with van der Waals surface area (Å²) in [5.41, 5.74) is 4.54. The molecule has 180 valence electrons. The normalized spacial score (nSPS) is 11.0. The molecule has 0 aliphatic rings. The van der Waals surface area contributed by atoms with Crippen LogP contribution >= 0.6 is 11.6 Å². The molecule has 0 bridgehead atoms. The third-order valence-electron chi connectivity index (χ3n) is 5.62. The predicted molar refractivity (Wildman–Crippen MR) is 142 cm³/mol. The fourth-order valence-corrected chi connectivity index (χ4v) is 3.95. The Morgan fingerprint density at radius 3 is 2.69 bits per heavy atom. The van der Waals surface area contributed by atoms with E-state index in [1.807, 2.05) is 49.4 Å². The van der Waals surface area contributed by atoms with E-state index in [-0.39, 0.29) is 5.91 Å². The number of amides is 1. The Hall–Kier alpha value is -4.30. The van der Waals surface area contributed by atoms with E-state index in [9.17, 15) is 4.79 Å². The predicted octanol–water partition coefficient (Wildman–Crippen LogP) is 6.10. The molecule has 36 heavy (non-hydrogen) atoms. The minimum Gasteiger partial charge on any atom is -0.340 e. The number of aryl methyl sites for hydroxylation is 2. The van der Waals surface area contributed by atoms with Crippen LogP contribution in [-0.4, -0.2) is 30.5 Å². The van der Waals surface area contributed by atoms with Crippen molar-refractivity contribution in [1.82, 2.24) is 24.6 Å². The van der Waals surface area contributed by atoms with Crippen LogP contribution in [0.1, 0.15) is 35.0 Å². The molecule has 8 nitrogen and oxygen atoms in total. The van der Waals surface area contributed by atoms with Gasteiger partial charge in [0.1, 0.15) is 5.82 Å². The molecule has 0 spiro atoms. The maximum absolute atomic E-state index is 12.9. The second-order valence-corrected chi connectivity index (χ2v) is 8.80. The zero-order valence-electron chi connectivity index (χ0n) is 19.9. The number of carbonyl (C=O) groups is 1. The highest BCUT2D eigenvalue weighted by atomic mass is 35.5. The average molecular weight is 498 g/mol. The SMILES string of the molecule is CCCc1cc(Nc2cccc(C(=O)Nc3ccc(C)c(Cl)c3)c2)n2nc(-c3cccnc3)nc2n1. The maximum Gasteiger partial charge on any atom is 0.255 e. The van der Waals surface area contributed by atoms with Crippen LogP contribution in [0, 0.1) is 6.92 Å². The van der Waals surface area contributed by atoms with Gasteiger partial charge in [0, 0.05) is 51.7 Å². The van der Waals surface area contributed by atoms with Crippen LogP contribution in [0.5, 0.6) is 0 Å². The van der Waals surface area contributed by atoms with Crippen molar-refractivity contribution in [2.75, 3.05) is 10.6 Å². The Kier molecular flexibility index (Phi) is 6.60. The number of fused-ring (bicyclic) bond motifs is 1. The summed E-state index contributed by atoms with van der Waals surface area (Å²) in [6.07, 6.45) is 5.19. The number of aromatic nitrogens is 5. The molecule has 5 rings (SSSR count). The maximum atomic E-state index is 12.9. The van der Waals surface area contributed by atoms with Crippen molar-refractivity contribution in [1.29, 1.82) is 0 Å². The Labute approximate surface area is 213 Å². The molecule has 1 amide bonds. The van der Waals surface area contributed by atoms with Gasteiger partial charge in [-0.15, -0.1) is 5.10 Å². The lowest BCUT2D eigenvalue weighted by Crippen LogP contribution is -2.12. The number of pyridine rings is 1. The first-order chi connectivity index (χ1) is 17.5. The fourth-order valence-electron chi connectivity index (χ4n) is 3.77. The summed E-state index contributed by atoms with van der Waals surface area (Å²) in [5, 5.41) is 11.6. The van der Waals surface area contributed by atoms with E-state index < -0.39 is 0 Å². The third kappa shape index (κ3) is 5.04. The number of anilines is 3. The molecule has 0 aliphatic carbocycles. The molecule has 9 heteroatoms. The average Bonchev–Trinajstić information content (AvgIpc) is 3.32. The number of nitrogens with one attached hydrogen (secondary N) is 2. The summed E-state index contributed by atoms with van der Waals surface area (Å²) in [7, 11) is 0. The largest absolute Gasteiger partial charge is 0.340 e. The van der Waals surface area contributed by atoms with Crippen LogP contribution in [0.2, 0.25) is 5.02 Å². The molecule has 3 aromatic heterocycles. The van der Waals surface area contributed by atoms with Crippen molar-refractivity contribution in [3.05, 3.63) is 94.9 Å². The molecule has 2 N–H and O–H groups in total. The monoisotopic (exact) mass is 497 g/mol. The summed E-state index contributed by atoms with van der Waals surface area (Å²) in [4.78, 5) is 26.4. The molecule has 5 aromatic rings. The minimum atomic E-state index is -0.232. The van der Waals surface area contributed by atoms with Crippen molar-refractivity contribution < 1.29 is 4.79 Å². The highest BCUT2D eigenvalue weighted by Gasteiger charge is 2.14. The smallest absolute Gasteiger partial charge is 0.255 e. The second-order valence-electron chi connectivity index (χ2n) is 8.40. The van der Waals surface area contributed by atoms with Crippen LogP contribution in [-0.2, 0) is 6.42 Å². The molecule has 0 atom stereocenters. The highest BCUT2D eigenvalue weighted by molar-refractivity contribution is 6.31. The zero-order valence-corrected chi connectivity index (χ0v) is 20.6. The van der Waals surface area contributed by atoms with Gasteiger partial charge in [-0.2, -0.15) is 9.50 Å². The highest BCUT2D eigenvalue weighted by Crippen LogP contribution is 2.24. The molecule has 0 aliphatic heterocycles. The van der Waals surface area contributed by atoms with E-state index in [0.717, 1.165) is 35.3 Å². The van der Waals surface area contributed by atoms with Crippen LogP contribution in [0.15, 0.2) is 73.1 Å². The Balaban J connectivity index is 1.45. The molecule has 0 radical (unpaired) electrons. The van der Waals surface area contributed by atoms with E-state index in [2.05, 4.69) is 37.6 Å². The second kappa shape index (κ2) is 10.1.